The highest BCUT2D eigenvalue weighted by Crippen LogP contribution is 2.25. The number of aliphatic hydroxyl groups is 1. The first-order valence-corrected chi connectivity index (χ1v) is 8.08. The van der Waals surface area contributed by atoms with Gasteiger partial charge in [0, 0.05) is 5.69 Å². The molecule has 0 heterocycles. The molecule has 0 spiro atoms. The summed E-state index contributed by atoms with van der Waals surface area (Å²) in [7, 11) is 0. The molecule has 5 nitrogen and oxygen atoms in total. The first-order chi connectivity index (χ1) is 11.3. The van der Waals surface area contributed by atoms with Crippen LogP contribution in [0.15, 0.2) is 30.9 Å². The minimum atomic E-state index is -1.03. The predicted molar refractivity (Wildman–Crippen MR) is 93.2 cm³/mol. The largest absolute Gasteiger partial charge is 0.389 e. The summed E-state index contributed by atoms with van der Waals surface area (Å²) in [6.07, 6.45) is 3.63. The third kappa shape index (κ3) is 6.12. The average Bonchev–Trinajstić information content (AvgIpc) is 2.50. The van der Waals surface area contributed by atoms with Gasteiger partial charge in [0.25, 0.3) is 0 Å². The van der Waals surface area contributed by atoms with Crippen LogP contribution in [-0.2, 0) is 9.59 Å². The molecule has 0 aliphatic carbocycles. The summed E-state index contributed by atoms with van der Waals surface area (Å²) in [5.41, 5.74) is -0.737. The number of hydrogen-bond donors (Lipinski definition) is 3. The minimum absolute atomic E-state index is 0.0274. The van der Waals surface area contributed by atoms with Crippen LogP contribution >= 0.6 is 0 Å². The number of carbonyl (C=O) groups excluding carboxylic acids is 2. The summed E-state index contributed by atoms with van der Waals surface area (Å²) in [5.74, 6) is -1.51. The molecule has 0 saturated heterocycles. The van der Waals surface area contributed by atoms with Gasteiger partial charge in [0.15, 0.2) is 0 Å². The van der Waals surface area contributed by atoms with Crippen LogP contribution in [0.5, 0.6) is 0 Å². The lowest BCUT2D eigenvalue weighted by Gasteiger charge is -2.26. The number of rotatable bonds is 9. The van der Waals surface area contributed by atoms with Crippen molar-refractivity contribution in [3.8, 4) is 0 Å². The van der Waals surface area contributed by atoms with Gasteiger partial charge < -0.3 is 15.7 Å². The highest BCUT2D eigenvalue weighted by Gasteiger charge is 2.28. The van der Waals surface area contributed by atoms with E-state index in [1.807, 2.05) is 13.8 Å². The minimum Gasteiger partial charge on any atom is -0.389 e. The zero-order valence-corrected chi connectivity index (χ0v) is 14.2. The molecule has 1 aromatic rings. The Hall–Kier alpha value is -2.21. The Labute approximate surface area is 142 Å². The fraction of sp³-hybridized carbons (Fsp3) is 0.444. The quantitative estimate of drug-likeness (QED) is 0.603. The number of benzene rings is 1. The topological polar surface area (TPSA) is 78.4 Å². The molecule has 0 aliphatic rings. The molecule has 0 bridgehead atoms. The lowest BCUT2D eigenvalue weighted by Crippen LogP contribution is -2.33. The van der Waals surface area contributed by atoms with Crippen molar-refractivity contribution in [2.24, 2.45) is 0 Å². The van der Waals surface area contributed by atoms with E-state index in [1.54, 1.807) is 0 Å². The van der Waals surface area contributed by atoms with Gasteiger partial charge >= 0.3 is 0 Å². The van der Waals surface area contributed by atoms with Crippen molar-refractivity contribution in [3.63, 3.8) is 0 Å². The van der Waals surface area contributed by atoms with Crippen molar-refractivity contribution in [2.75, 3.05) is 10.6 Å². The molecular weight excluding hydrogens is 311 g/mol. The standard InChI is InChI=1S/C18H25FN2O3/c1-4-9-18(24,10-5-2)12-17(23)20-13-7-8-14(19)15(11-13)21-16(22)6-3/h6-8,11,24H,3-5,9-10,12H2,1-2H3,(H,20,23)(H,21,22). The van der Waals surface area contributed by atoms with Gasteiger partial charge in [-0.05, 0) is 37.1 Å². The second-order valence-electron chi connectivity index (χ2n) is 5.84. The van der Waals surface area contributed by atoms with E-state index < -0.39 is 17.3 Å². The molecule has 24 heavy (non-hydrogen) atoms. The van der Waals surface area contributed by atoms with Gasteiger partial charge in [-0.25, -0.2) is 4.39 Å². The zero-order chi connectivity index (χ0) is 18.2. The monoisotopic (exact) mass is 336 g/mol. The molecule has 1 aromatic carbocycles. The molecule has 2 amide bonds. The van der Waals surface area contributed by atoms with Crippen LogP contribution in [0, 0.1) is 5.82 Å². The maximum absolute atomic E-state index is 13.7. The van der Waals surface area contributed by atoms with E-state index in [4.69, 9.17) is 0 Å². The fourth-order valence-electron chi connectivity index (χ4n) is 2.62. The van der Waals surface area contributed by atoms with E-state index in [-0.39, 0.29) is 18.0 Å². The maximum Gasteiger partial charge on any atom is 0.247 e. The number of anilines is 2. The van der Waals surface area contributed by atoms with Gasteiger partial charge in [-0.15, -0.1) is 0 Å². The smallest absolute Gasteiger partial charge is 0.247 e. The Morgan fingerprint density at radius 2 is 1.88 bits per heavy atom. The van der Waals surface area contributed by atoms with Crippen molar-refractivity contribution in [1.82, 2.24) is 0 Å². The van der Waals surface area contributed by atoms with Gasteiger partial charge in [-0.3, -0.25) is 9.59 Å². The molecule has 0 saturated carbocycles. The van der Waals surface area contributed by atoms with Gasteiger partial charge in [-0.1, -0.05) is 33.3 Å². The van der Waals surface area contributed by atoms with Gasteiger partial charge in [0.1, 0.15) is 5.82 Å². The second kappa shape index (κ2) is 9.17. The fourth-order valence-corrected chi connectivity index (χ4v) is 2.62. The summed E-state index contributed by atoms with van der Waals surface area (Å²) in [4.78, 5) is 23.5. The highest BCUT2D eigenvalue weighted by atomic mass is 19.1. The van der Waals surface area contributed by atoms with Crippen molar-refractivity contribution in [2.45, 2.75) is 51.6 Å². The van der Waals surface area contributed by atoms with Gasteiger partial charge in [0.2, 0.25) is 11.8 Å². The Morgan fingerprint density at radius 1 is 1.25 bits per heavy atom. The summed E-state index contributed by atoms with van der Waals surface area (Å²) in [6.45, 7) is 7.20. The van der Waals surface area contributed by atoms with Crippen LogP contribution in [0.25, 0.3) is 0 Å². The predicted octanol–water partition coefficient (Wildman–Crippen LogP) is 3.61. The van der Waals surface area contributed by atoms with Crippen LogP contribution in [-0.4, -0.2) is 22.5 Å². The Morgan fingerprint density at radius 3 is 2.42 bits per heavy atom. The van der Waals surface area contributed by atoms with Crippen LogP contribution in [0.1, 0.15) is 46.0 Å². The van der Waals surface area contributed by atoms with Crippen molar-refractivity contribution >= 4 is 23.2 Å². The SMILES string of the molecule is C=CC(=O)Nc1cc(NC(=O)CC(O)(CCC)CCC)ccc1F. The Balaban J connectivity index is 2.81. The molecule has 0 aliphatic heterocycles. The molecule has 1 rings (SSSR count). The Kier molecular flexibility index (Phi) is 7.58. The lowest BCUT2D eigenvalue weighted by atomic mass is 9.89. The molecular formula is C18H25FN2O3. The summed E-state index contributed by atoms with van der Waals surface area (Å²) in [6, 6.07) is 3.88. The first-order valence-electron chi connectivity index (χ1n) is 8.08. The van der Waals surface area contributed by atoms with E-state index in [2.05, 4.69) is 17.2 Å². The lowest BCUT2D eigenvalue weighted by molar-refractivity contribution is -0.121. The normalized spacial score (nSPS) is 11.0. The first kappa shape index (κ1) is 19.8. The zero-order valence-electron chi connectivity index (χ0n) is 14.2. The van der Waals surface area contributed by atoms with Crippen LogP contribution in [0.2, 0.25) is 0 Å². The maximum atomic E-state index is 13.7. The number of carbonyl (C=O) groups is 2. The number of halogens is 1. The van der Waals surface area contributed by atoms with E-state index >= 15 is 0 Å². The van der Waals surface area contributed by atoms with Crippen molar-refractivity contribution in [1.29, 1.82) is 0 Å². The molecule has 6 heteroatoms. The summed E-state index contributed by atoms with van der Waals surface area (Å²) in [5, 5.41) is 15.5. The van der Waals surface area contributed by atoms with E-state index in [0.717, 1.165) is 25.0 Å². The highest BCUT2D eigenvalue weighted by molar-refractivity contribution is 5.99. The molecule has 0 atom stereocenters. The Bertz CT molecular complexity index is 596. The molecule has 0 unspecified atom stereocenters. The third-order valence-electron chi connectivity index (χ3n) is 3.61. The number of nitrogens with one attached hydrogen (secondary N) is 2. The van der Waals surface area contributed by atoms with E-state index in [9.17, 15) is 19.1 Å². The van der Waals surface area contributed by atoms with E-state index in [1.165, 1.54) is 12.1 Å². The van der Waals surface area contributed by atoms with Crippen molar-refractivity contribution < 1.29 is 19.1 Å². The third-order valence-corrected chi connectivity index (χ3v) is 3.61. The molecule has 0 fully saturated rings. The van der Waals surface area contributed by atoms with E-state index in [0.29, 0.717) is 18.5 Å². The average molecular weight is 336 g/mol. The molecule has 0 radical (unpaired) electrons. The second-order valence-corrected chi connectivity index (χ2v) is 5.84. The molecule has 132 valence electrons. The number of amides is 2. The van der Waals surface area contributed by atoms with Crippen LogP contribution < -0.4 is 10.6 Å². The summed E-state index contributed by atoms with van der Waals surface area (Å²) >= 11 is 0. The van der Waals surface area contributed by atoms with Crippen LogP contribution in [0.4, 0.5) is 15.8 Å². The van der Waals surface area contributed by atoms with Gasteiger partial charge in [0.05, 0.1) is 17.7 Å². The van der Waals surface area contributed by atoms with Crippen molar-refractivity contribution in [3.05, 3.63) is 36.7 Å². The van der Waals surface area contributed by atoms with Crippen LogP contribution in [0.3, 0.4) is 0 Å². The molecule has 3 N–H and O–H groups in total. The summed E-state index contributed by atoms with van der Waals surface area (Å²) < 4.78 is 13.7. The number of hydrogen-bond acceptors (Lipinski definition) is 3. The van der Waals surface area contributed by atoms with Gasteiger partial charge in [-0.2, -0.15) is 0 Å². The molecule has 0 aromatic heterocycles.